The summed E-state index contributed by atoms with van der Waals surface area (Å²) in [5, 5.41) is 9.23. The molecular formula is C20H30O6S. The number of esters is 1. The van der Waals surface area contributed by atoms with Crippen LogP contribution in [0.25, 0.3) is 0 Å². The van der Waals surface area contributed by atoms with Crippen LogP contribution >= 0.6 is 0 Å². The molecule has 1 heterocycles. The molecule has 2 N–H and O–H groups in total. The smallest absolute Gasteiger partial charge is 0.335 e. The largest absolute Gasteiger partial charge is 0.458 e. The third-order valence-corrected chi connectivity index (χ3v) is 8.63. The van der Waals surface area contributed by atoms with Gasteiger partial charge < -0.3 is 9.84 Å². The fourth-order valence-corrected chi connectivity index (χ4v) is 6.81. The molecular weight excluding hydrogens is 368 g/mol. The summed E-state index contributed by atoms with van der Waals surface area (Å²) in [6.07, 6.45) is 4.21. The van der Waals surface area contributed by atoms with Gasteiger partial charge >= 0.3 is 5.97 Å². The summed E-state index contributed by atoms with van der Waals surface area (Å²) in [7, 11) is -4.47. The van der Waals surface area contributed by atoms with Crippen LogP contribution in [0, 0.1) is 22.7 Å². The van der Waals surface area contributed by atoms with E-state index < -0.39 is 27.4 Å². The minimum Gasteiger partial charge on any atom is -0.458 e. The molecule has 0 aromatic rings. The summed E-state index contributed by atoms with van der Waals surface area (Å²) < 4.78 is 39.0. The van der Waals surface area contributed by atoms with E-state index in [1.165, 1.54) is 6.08 Å². The Morgan fingerprint density at radius 3 is 2.56 bits per heavy atom. The van der Waals surface area contributed by atoms with Crippen molar-refractivity contribution in [2.45, 2.75) is 64.2 Å². The number of aliphatic hydroxyl groups is 1. The molecule has 0 saturated heterocycles. The Hall–Kier alpha value is -1.18. The second kappa shape index (κ2) is 6.71. The highest BCUT2D eigenvalue weighted by molar-refractivity contribution is 7.86. The zero-order chi connectivity index (χ0) is 20.2. The number of rotatable bonds is 4. The molecule has 2 aliphatic carbocycles. The van der Waals surface area contributed by atoms with Gasteiger partial charge in [-0.2, -0.15) is 8.42 Å². The lowest BCUT2D eigenvalue weighted by Crippen LogP contribution is -2.55. The van der Waals surface area contributed by atoms with Crippen LogP contribution in [0.15, 0.2) is 23.8 Å². The number of ether oxygens (including phenoxy) is 1. The van der Waals surface area contributed by atoms with Gasteiger partial charge in [-0.05, 0) is 60.8 Å². The van der Waals surface area contributed by atoms with Crippen LogP contribution in [0.2, 0.25) is 0 Å². The van der Waals surface area contributed by atoms with Gasteiger partial charge in [0, 0.05) is 0 Å². The quantitative estimate of drug-likeness (QED) is 0.429. The van der Waals surface area contributed by atoms with Gasteiger partial charge in [-0.3, -0.25) is 4.55 Å². The number of fused-ring (bicyclic) bond motifs is 1. The predicted octanol–water partition coefficient (Wildman–Crippen LogP) is 2.89. The van der Waals surface area contributed by atoms with Crippen molar-refractivity contribution in [2.75, 3.05) is 6.61 Å². The first-order valence-electron chi connectivity index (χ1n) is 9.58. The average molecular weight is 399 g/mol. The van der Waals surface area contributed by atoms with Crippen LogP contribution in [0.4, 0.5) is 0 Å². The first-order chi connectivity index (χ1) is 12.4. The Kier molecular flexibility index (Phi) is 5.11. The second-order valence-corrected chi connectivity index (χ2v) is 10.8. The zero-order valence-electron chi connectivity index (χ0n) is 16.3. The molecule has 1 aliphatic heterocycles. The predicted molar refractivity (Wildman–Crippen MR) is 101 cm³/mol. The highest BCUT2D eigenvalue weighted by atomic mass is 32.2. The summed E-state index contributed by atoms with van der Waals surface area (Å²) in [5.41, 5.74) is 0.447. The Morgan fingerprint density at radius 2 is 2.00 bits per heavy atom. The van der Waals surface area contributed by atoms with E-state index in [1.54, 1.807) is 0 Å². The van der Waals surface area contributed by atoms with Crippen LogP contribution in [0.3, 0.4) is 0 Å². The van der Waals surface area contributed by atoms with E-state index in [4.69, 9.17) is 4.74 Å². The van der Waals surface area contributed by atoms with Gasteiger partial charge in [0.15, 0.2) is 0 Å². The van der Waals surface area contributed by atoms with Gasteiger partial charge in [0.25, 0.3) is 10.1 Å². The monoisotopic (exact) mass is 398 g/mol. The maximum absolute atomic E-state index is 12.1. The van der Waals surface area contributed by atoms with Crippen molar-refractivity contribution in [1.82, 2.24) is 0 Å². The summed E-state index contributed by atoms with van der Waals surface area (Å²) in [6.45, 7) is 10.5. The number of carbonyl (C=O) groups excluding carboxylic acids is 1. The molecule has 0 amide bonds. The minimum absolute atomic E-state index is 0.0196. The Morgan fingerprint density at radius 1 is 1.33 bits per heavy atom. The highest BCUT2D eigenvalue weighted by Gasteiger charge is 2.57. The summed E-state index contributed by atoms with van der Waals surface area (Å²) in [4.78, 5) is 12.0. The molecule has 2 saturated carbocycles. The average Bonchev–Trinajstić information content (AvgIpc) is 2.95. The van der Waals surface area contributed by atoms with Crippen molar-refractivity contribution < 1.29 is 27.6 Å². The van der Waals surface area contributed by atoms with Gasteiger partial charge in [0.1, 0.15) is 11.9 Å². The molecule has 0 unspecified atom stereocenters. The number of aliphatic hydroxyl groups excluding tert-OH is 1. The van der Waals surface area contributed by atoms with Crippen LogP contribution in [-0.2, 0) is 19.6 Å². The van der Waals surface area contributed by atoms with Crippen molar-refractivity contribution in [1.29, 1.82) is 0 Å². The first kappa shape index (κ1) is 20.6. The Bertz CT molecular complexity index is 780. The Balaban J connectivity index is 1.98. The molecule has 7 heteroatoms. The van der Waals surface area contributed by atoms with E-state index in [1.807, 2.05) is 0 Å². The van der Waals surface area contributed by atoms with Crippen LogP contribution < -0.4 is 0 Å². The summed E-state index contributed by atoms with van der Waals surface area (Å²) in [6, 6.07) is 0. The number of allylic oxidation sites excluding steroid dienone is 1. The molecule has 6 nitrogen and oxygen atoms in total. The molecule has 0 bridgehead atoms. The van der Waals surface area contributed by atoms with E-state index in [0.29, 0.717) is 6.42 Å². The lowest BCUT2D eigenvalue weighted by molar-refractivity contribution is -0.136. The van der Waals surface area contributed by atoms with E-state index in [-0.39, 0.29) is 41.3 Å². The normalized spacial score (nSPS) is 37.4. The van der Waals surface area contributed by atoms with E-state index in [9.17, 15) is 22.9 Å². The van der Waals surface area contributed by atoms with Gasteiger partial charge in [0.2, 0.25) is 0 Å². The van der Waals surface area contributed by atoms with Crippen molar-refractivity contribution in [3.05, 3.63) is 23.8 Å². The number of carbonyl (C=O) groups is 1. The zero-order valence-corrected chi connectivity index (χ0v) is 17.1. The standard InChI is InChI=1S/C20H30O6S/c1-12-5-6-16-19(2,3)17(21)7-9-20(16,4)14(12)11-15(27(23,24)25)13-8-10-26-18(13)22/h8,14-17,21H,1,5-7,9-11H2,2-4H3,(H,23,24,25)/t14-,15-,16+,17-,20+/m1/s1. The maximum atomic E-state index is 12.1. The van der Waals surface area contributed by atoms with E-state index >= 15 is 0 Å². The number of hydrogen-bond acceptors (Lipinski definition) is 5. The molecule has 3 aliphatic rings. The minimum atomic E-state index is -4.47. The number of cyclic esters (lactones) is 1. The number of hydrogen-bond donors (Lipinski definition) is 2. The molecule has 152 valence electrons. The van der Waals surface area contributed by atoms with Crippen molar-refractivity contribution in [2.24, 2.45) is 22.7 Å². The van der Waals surface area contributed by atoms with Gasteiger partial charge in [-0.1, -0.05) is 32.9 Å². The molecule has 2 fully saturated rings. The molecule has 27 heavy (non-hydrogen) atoms. The molecule has 0 radical (unpaired) electrons. The third kappa shape index (κ3) is 3.38. The van der Waals surface area contributed by atoms with Crippen molar-refractivity contribution >= 4 is 16.1 Å². The maximum Gasteiger partial charge on any atom is 0.335 e. The van der Waals surface area contributed by atoms with Gasteiger partial charge in [-0.25, -0.2) is 4.79 Å². The fraction of sp³-hybridized carbons (Fsp3) is 0.750. The topological polar surface area (TPSA) is 101 Å². The lowest BCUT2D eigenvalue weighted by Gasteiger charge is -2.59. The lowest BCUT2D eigenvalue weighted by atomic mass is 9.46. The molecule has 0 spiro atoms. The SMILES string of the molecule is C=C1CC[C@H]2C(C)(C)[C@H](O)CC[C@@]2(C)[C@@H]1C[C@H](C1=CCOC1=O)S(=O)(=O)O. The van der Waals surface area contributed by atoms with Gasteiger partial charge in [-0.15, -0.1) is 0 Å². The molecule has 3 rings (SSSR count). The fourth-order valence-electron chi connectivity index (χ4n) is 5.86. The van der Waals surface area contributed by atoms with E-state index in [2.05, 4.69) is 27.4 Å². The first-order valence-corrected chi connectivity index (χ1v) is 11.1. The second-order valence-electron chi connectivity index (χ2n) is 9.18. The summed E-state index contributed by atoms with van der Waals surface area (Å²) >= 11 is 0. The van der Waals surface area contributed by atoms with Crippen molar-refractivity contribution in [3.8, 4) is 0 Å². The Labute approximate surface area is 161 Å². The van der Waals surface area contributed by atoms with Crippen molar-refractivity contribution in [3.63, 3.8) is 0 Å². The van der Waals surface area contributed by atoms with Gasteiger partial charge in [0.05, 0.1) is 11.7 Å². The van der Waals surface area contributed by atoms with Crippen LogP contribution in [-0.4, -0.2) is 42.0 Å². The third-order valence-electron chi connectivity index (χ3n) is 7.46. The highest BCUT2D eigenvalue weighted by Crippen LogP contribution is 2.62. The summed E-state index contributed by atoms with van der Waals surface area (Å²) in [5.74, 6) is -0.639. The molecule has 0 aromatic heterocycles. The van der Waals surface area contributed by atoms with E-state index in [0.717, 1.165) is 24.8 Å². The van der Waals surface area contributed by atoms with Crippen LogP contribution in [0.1, 0.15) is 52.9 Å². The molecule has 5 atom stereocenters. The van der Waals surface area contributed by atoms with Crippen LogP contribution in [0.5, 0.6) is 0 Å². The molecule has 0 aromatic carbocycles.